The summed E-state index contributed by atoms with van der Waals surface area (Å²) in [4.78, 5) is 19.9. The quantitative estimate of drug-likeness (QED) is 0.681. The molecule has 124 valence electrons. The van der Waals surface area contributed by atoms with E-state index in [1.807, 2.05) is 30.3 Å². The van der Waals surface area contributed by atoms with E-state index in [-0.39, 0.29) is 11.2 Å². The highest BCUT2D eigenvalue weighted by molar-refractivity contribution is 8.00. The van der Waals surface area contributed by atoms with E-state index in [0.717, 1.165) is 11.3 Å². The minimum absolute atomic E-state index is 0.176. The molecule has 0 bridgehead atoms. The Morgan fingerprint density at radius 2 is 1.92 bits per heavy atom. The molecule has 25 heavy (non-hydrogen) atoms. The number of aromatic nitrogens is 2. The topological polar surface area (TPSA) is 81.6 Å². The molecule has 0 spiro atoms. The molecule has 5 nitrogen and oxygen atoms in total. The van der Waals surface area contributed by atoms with E-state index >= 15 is 0 Å². The Hall–Kier alpha value is -3.04. The summed E-state index contributed by atoms with van der Waals surface area (Å²) in [5, 5.41) is 12.2. The summed E-state index contributed by atoms with van der Waals surface area (Å²) in [6.07, 6.45) is 1.76. The van der Waals surface area contributed by atoms with E-state index in [1.54, 1.807) is 37.4 Å². The summed E-state index contributed by atoms with van der Waals surface area (Å²) in [6, 6.07) is 18.9. The van der Waals surface area contributed by atoms with Crippen LogP contribution in [0, 0.1) is 11.3 Å². The Labute approximate surface area is 150 Å². The van der Waals surface area contributed by atoms with Crippen LogP contribution in [0.3, 0.4) is 0 Å². The number of nitrogens with one attached hydrogen (secondary N) is 2. The standard InChI is InChI=1S/C19H16N4OS/c1-13(18(24)22-16-10-6-5-9-15(16)11-20)25-19-21-12-17(23-19)14-7-3-2-4-8-14/h2-10,12-13H,1H3,(H,21,23)(H,22,24). The van der Waals surface area contributed by atoms with Gasteiger partial charge in [-0.2, -0.15) is 5.26 Å². The van der Waals surface area contributed by atoms with Gasteiger partial charge in [-0.3, -0.25) is 4.79 Å². The van der Waals surface area contributed by atoms with Crippen molar-refractivity contribution >= 4 is 23.4 Å². The molecule has 0 saturated heterocycles. The van der Waals surface area contributed by atoms with E-state index in [9.17, 15) is 4.79 Å². The summed E-state index contributed by atoms with van der Waals surface area (Å²) >= 11 is 1.34. The van der Waals surface area contributed by atoms with Crippen LogP contribution < -0.4 is 5.32 Å². The van der Waals surface area contributed by atoms with Gasteiger partial charge < -0.3 is 10.3 Å². The average molecular weight is 348 g/mol. The smallest absolute Gasteiger partial charge is 0.237 e. The average Bonchev–Trinajstić information content (AvgIpc) is 3.11. The molecule has 2 N–H and O–H groups in total. The van der Waals surface area contributed by atoms with Gasteiger partial charge in [0.2, 0.25) is 5.91 Å². The highest BCUT2D eigenvalue weighted by Gasteiger charge is 2.17. The third-order valence-electron chi connectivity index (χ3n) is 3.60. The van der Waals surface area contributed by atoms with Gasteiger partial charge in [-0.25, -0.2) is 4.98 Å². The van der Waals surface area contributed by atoms with E-state index in [0.29, 0.717) is 16.4 Å². The Bertz CT molecular complexity index is 914. The van der Waals surface area contributed by atoms with E-state index < -0.39 is 0 Å². The number of nitriles is 1. The lowest BCUT2D eigenvalue weighted by Crippen LogP contribution is -2.23. The molecular weight excluding hydrogens is 332 g/mol. The predicted octanol–water partition coefficient (Wildman–Crippen LogP) is 4.07. The monoisotopic (exact) mass is 348 g/mol. The fraction of sp³-hybridized carbons (Fsp3) is 0.105. The highest BCUT2D eigenvalue weighted by atomic mass is 32.2. The van der Waals surface area contributed by atoms with E-state index in [1.165, 1.54) is 11.8 Å². The van der Waals surface area contributed by atoms with Gasteiger partial charge in [-0.05, 0) is 24.6 Å². The van der Waals surface area contributed by atoms with Crippen LogP contribution in [0.5, 0.6) is 0 Å². The van der Waals surface area contributed by atoms with Crippen molar-refractivity contribution in [3.63, 3.8) is 0 Å². The zero-order valence-corrected chi connectivity index (χ0v) is 14.4. The fourth-order valence-electron chi connectivity index (χ4n) is 2.27. The van der Waals surface area contributed by atoms with Crippen LogP contribution in [0.1, 0.15) is 12.5 Å². The van der Waals surface area contributed by atoms with Crippen LogP contribution in [0.15, 0.2) is 66.0 Å². The van der Waals surface area contributed by atoms with Crippen LogP contribution in [-0.4, -0.2) is 21.1 Å². The highest BCUT2D eigenvalue weighted by Crippen LogP contribution is 2.25. The molecule has 1 atom stereocenters. The van der Waals surface area contributed by atoms with E-state index in [4.69, 9.17) is 5.26 Å². The van der Waals surface area contributed by atoms with Gasteiger partial charge in [-0.1, -0.05) is 54.2 Å². The molecule has 6 heteroatoms. The van der Waals surface area contributed by atoms with Crippen molar-refractivity contribution in [3.8, 4) is 17.3 Å². The molecule has 3 aromatic rings. The first-order chi connectivity index (χ1) is 12.2. The molecule has 3 rings (SSSR count). The van der Waals surface area contributed by atoms with Gasteiger partial charge in [0.25, 0.3) is 0 Å². The number of aromatic amines is 1. The van der Waals surface area contributed by atoms with Crippen LogP contribution in [0.25, 0.3) is 11.3 Å². The SMILES string of the molecule is CC(Sc1ncc(-c2ccccc2)[nH]1)C(=O)Nc1ccccc1C#N. The zero-order valence-electron chi connectivity index (χ0n) is 13.6. The summed E-state index contributed by atoms with van der Waals surface area (Å²) in [7, 11) is 0. The number of carbonyl (C=O) groups excluding carboxylic acids is 1. The van der Waals surface area contributed by atoms with Crippen molar-refractivity contribution in [2.75, 3.05) is 5.32 Å². The molecule has 1 unspecified atom stereocenters. The maximum atomic E-state index is 12.4. The Morgan fingerprint density at radius 3 is 2.68 bits per heavy atom. The molecule has 1 aromatic heterocycles. The van der Waals surface area contributed by atoms with E-state index in [2.05, 4.69) is 21.4 Å². The second-order valence-corrected chi connectivity index (χ2v) is 6.70. The van der Waals surface area contributed by atoms with Gasteiger partial charge in [0.1, 0.15) is 6.07 Å². The molecule has 0 saturated carbocycles. The first kappa shape index (κ1) is 16.8. The molecule has 2 aromatic carbocycles. The van der Waals surface area contributed by atoms with Gasteiger partial charge >= 0.3 is 0 Å². The number of imidazole rings is 1. The summed E-state index contributed by atoms with van der Waals surface area (Å²) in [5.74, 6) is -0.176. The molecular formula is C19H16N4OS. The lowest BCUT2D eigenvalue weighted by molar-refractivity contribution is -0.115. The zero-order chi connectivity index (χ0) is 17.6. The number of H-pyrrole nitrogens is 1. The van der Waals surface area contributed by atoms with Crippen molar-refractivity contribution in [1.82, 2.24) is 9.97 Å². The Balaban J connectivity index is 1.66. The van der Waals surface area contributed by atoms with Crippen molar-refractivity contribution in [3.05, 3.63) is 66.4 Å². The third kappa shape index (κ3) is 4.08. The van der Waals surface area contributed by atoms with Crippen LogP contribution in [-0.2, 0) is 4.79 Å². The number of nitrogens with zero attached hydrogens (tertiary/aromatic N) is 2. The lowest BCUT2D eigenvalue weighted by Gasteiger charge is -2.11. The van der Waals surface area contributed by atoms with Crippen molar-refractivity contribution in [2.45, 2.75) is 17.3 Å². The molecule has 1 heterocycles. The second kappa shape index (κ2) is 7.69. The number of benzene rings is 2. The molecule has 1 amide bonds. The number of hydrogen-bond acceptors (Lipinski definition) is 4. The summed E-state index contributed by atoms with van der Waals surface area (Å²) < 4.78 is 0. The van der Waals surface area contributed by atoms with Crippen LogP contribution in [0.4, 0.5) is 5.69 Å². The molecule has 0 aliphatic heterocycles. The minimum atomic E-state index is -0.360. The number of rotatable bonds is 5. The van der Waals surface area contributed by atoms with Crippen molar-refractivity contribution in [2.24, 2.45) is 0 Å². The number of thioether (sulfide) groups is 1. The van der Waals surface area contributed by atoms with Gasteiger partial charge in [0.05, 0.1) is 28.4 Å². The number of carbonyl (C=O) groups is 1. The number of anilines is 1. The van der Waals surface area contributed by atoms with Crippen molar-refractivity contribution in [1.29, 1.82) is 5.26 Å². The second-order valence-electron chi connectivity index (χ2n) is 5.37. The molecule has 0 radical (unpaired) electrons. The van der Waals surface area contributed by atoms with Gasteiger partial charge in [-0.15, -0.1) is 0 Å². The molecule has 0 aliphatic carbocycles. The lowest BCUT2D eigenvalue weighted by atomic mass is 10.2. The van der Waals surface area contributed by atoms with Gasteiger partial charge in [0, 0.05) is 0 Å². The molecule has 0 aliphatic rings. The number of para-hydroxylation sites is 1. The van der Waals surface area contributed by atoms with Crippen LogP contribution in [0.2, 0.25) is 0 Å². The third-order valence-corrected chi connectivity index (χ3v) is 4.60. The number of hydrogen-bond donors (Lipinski definition) is 2. The Kier molecular flexibility index (Phi) is 5.17. The summed E-state index contributed by atoms with van der Waals surface area (Å²) in [5.41, 5.74) is 2.91. The maximum absolute atomic E-state index is 12.4. The fourth-order valence-corrected chi connectivity index (χ4v) is 3.06. The molecule has 0 fully saturated rings. The minimum Gasteiger partial charge on any atom is -0.333 e. The normalized spacial score (nSPS) is 11.5. The largest absolute Gasteiger partial charge is 0.333 e. The summed E-state index contributed by atoms with van der Waals surface area (Å²) in [6.45, 7) is 1.81. The van der Waals surface area contributed by atoms with Crippen molar-refractivity contribution < 1.29 is 4.79 Å². The van der Waals surface area contributed by atoms with Crippen LogP contribution >= 0.6 is 11.8 Å². The number of amides is 1. The predicted molar refractivity (Wildman–Crippen MR) is 99.1 cm³/mol. The van der Waals surface area contributed by atoms with Gasteiger partial charge in [0.15, 0.2) is 5.16 Å². The first-order valence-corrected chi connectivity index (χ1v) is 8.62. The Morgan fingerprint density at radius 1 is 1.20 bits per heavy atom. The maximum Gasteiger partial charge on any atom is 0.237 e. The first-order valence-electron chi connectivity index (χ1n) is 7.74.